The number of nitrogen functional groups attached to an aromatic ring is 1. The monoisotopic (exact) mass is 278 g/mol. The van der Waals surface area contributed by atoms with Crippen molar-refractivity contribution in [3.63, 3.8) is 0 Å². The van der Waals surface area contributed by atoms with E-state index in [1.54, 1.807) is 0 Å². The van der Waals surface area contributed by atoms with Gasteiger partial charge in [0.2, 0.25) is 5.91 Å². The van der Waals surface area contributed by atoms with E-state index in [1.165, 1.54) is 18.3 Å². The Morgan fingerprint density at radius 3 is 2.74 bits per heavy atom. The largest absolute Gasteiger partial charge is 0.397 e. The molecule has 0 spiro atoms. The van der Waals surface area contributed by atoms with Crippen molar-refractivity contribution >= 4 is 39.1 Å². The number of carbonyl (C=O) groups excluding carboxylic acids is 2. The molecule has 2 heterocycles. The summed E-state index contributed by atoms with van der Waals surface area (Å²) in [5, 5.41) is 3.24. The number of aryl methyl sites for hydroxylation is 1. The van der Waals surface area contributed by atoms with Crippen molar-refractivity contribution in [2.45, 2.75) is 19.9 Å². The summed E-state index contributed by atoms with van der Waals surface area (Å²) in [6.07, 6.45) is 0. The number of anilines is 1. The zero-order valence-electron chi connectivity index (χ0n) is 10.6. The van der Waals surface area contributed by atoms with E-state index in [4.69, 9.17) is 11.5 Å². The Labute approximate surface area is 113 Å². The lowest BCUT2D eigenvalue weighted by molar-refractivity contribution is -0.119. The smallest absolute Gasteiger partial charge is 0.264 e. The van der Waals surface area contributed by atoms with E-state index < -0.39 is 17.9 Å². The van der Waals surface area contributed by atoms with Crippen molar-refractivity contribution in [2.75, 3.05) is 5.73 Å². The predicted octanol–water partition coefficient (Wildman–Crippen LogP) is 0.791. The lowest BCUT2D eigenvalue weighted by Gasteiger charge is -2.08. The number of nitrogens with one attached hydrogen (secondary N) is 1. The fourth-order valence-corrected chi connectivity index (χ4v) is 2.63. The molecule has 2 aromatic heterocycles. The first-order valence-electron chi connectivity index (χ1n) is 5.66. The zero-order valence-corrected chi connectivity index (χ0v) is 11.4. The number of nitrogens with two attached hydrogens (primary N) is 2. The zero-order chi connectivity index (χ0) is 14.2. The highest BCUT2D eigenvalue weighted by atomic mass is 32.1. The third kappa shape index (κ3) is 2.50. The fourth-order valence-electron chi connectivity index (χ4n) is 1.59. The molecule has 1 atom stereocenters. The van der Waals surface area contributed by atoms with Gasteiger partial charge in [-0.2, -0.15) is 0 Å². The molecule has 0 aliphatic heterocycles. The molecule has 100 valence electrons. The van der Waals surface area contributed by atoms with Gasteiger partial charge in [0.15, 0.2) is 0 Å². The number of aromatic nitrogens is 1. The van der Waals surface area contributed by atoms with Gasteiger partial charge in [-0.25, -0.2) is 4.98 Å². The molecule has 5 N–H and O–H groups in total. The molecule has 2 aromatic rings. The summed E-state index contributed by atoms with van der Waals surface area (Å²) in [6.45, 7) is 3.39. The number of nitrogens with zero attached hydrogens (tertiary/aromatic N) is 1. The molecule has 0 saturated heterocycles. The standard InChI is InChI=1S/C12H14N4O2S/c1-5-3-4-7-8(13)9(19-12(7)15-5)11(18)16-6(2)10(14)17/h3-4,6H,13H2,1-2H3,(H2,14,17)(H,16,18). The average molecular weight is 278 g/mol. The van der Waals surface area contributed by atoms with Crippen LogP contribution in [0.2, 0.25) is 0 Å². The van der Waals surface area contributed by atoms with Gasteiger partial charge in [0, 0.05) is 11.1 Å². The van der Waals surface area contributed by atoms with Gasteiger partial charge in [-0.05, 0) is 26.0 Å². The first-order chi connectivity index (χ1) is 8.90. The molecule has 0 aliphatic rings. The van der Waals surface area contributed by atoms with Crippen LogP contribution in [0.25, 0.3) is 10.2 Å². The summed E-state index contributed by atoms with van der Waals surface area (Å²) in [5.41, 5.74) is 12.3. The highest BCUT2D eigenvalue weighted by Crippen LogP contribution is 2.32. The molecule has 2 amide bonds. The molecule has 19 heavy (non-hydrogen) atoms. The van der Waals surface area contributed by atoms with Crippen LogP contribution >= 0.6 is 11.3 Å². The number of thiophene rings is 1. The summed E-state index contributed by atoms with van der Waals surface area (Å²) in [6, 6.07) is 2.92. The molecule has 0 aliphatic carbocycles. The second-order valence-corrected chi connectivity index (χ2v) is 5.25. The third-order valence-corrected chi connectivity index (χ3v) is 3.83. The molecule has 1 unspecified atom stereocenters. The van der Waals surface area contributed by atoms with E-state index in [9.17, 15) is 9.59 Å². The van der Waals surface area contributed by atoms with Gasteiger partial charge < -0.3 is 16.8 Å². The van der Waals surface area contributed by atoms with Gasteiger partial charge in [-0.1, -0.05) is 0 Å². The van der Waals surface area contributed by atoms with E-state index in [-0.39, 0.29) is 0 Å². The van der Waals surface area contributed by atoms with Gasteiger partial charge in [-0.3, -0.25) is 9.59 Å². The second-order valence-electron chi connectivity index (χ2n) is 4.25. The van der Waals surface area contributed by atoms with E-state index in [0.29, 0.717) is 15.4 Å². The van der Waals surface area contributed by atoms with Crippen LogP contribution in [0.4, 0.5) is 5.69 Å². The molecule has 6 nitrogen and oxygen atoms in total. The minimum atomic E-state index is -0.744. The molecular formula is C12H14N4O2S. The van der Waals surface area contributed by atoms with Crippen LogP contribution in [0, 0.1) is 6.92 Å². The molecule has 0 aromatic carbocycles. The van der Waals surface area contributed by atoms with Crippen LogP contribution in [-0.4, -0.2) is 22.8 Å². The Morgan fingerprint density at radius 1 is 1.42 bits per heavy atom. The van der Waals surface area contributed by atoms with Crippen molar-refractivity contribution in [1.29, 1.82) is 0 Å². The summed E-state index contributed by atoms with van der Waals surface area (Å²) in [4.78, 5) is 28.3. The first kappa shape index (κ1) is 13.3. The second kappa shape index (κ2) is 4.85. The maximum atomic E-state index is 12.0. The summed E-state index contributed by atoms with van der Waals surface area (Å²) < 4.78 is 0. The van der Waals surface area contributed by atoms with Crippen LogP contribution in [0.15, 0.2) is 12.1 Å². The average Bonchev–Trinajstić information content (AvgIpc) is 2.66. The van der Waals surface area contributed by atoms with Gasteiger partial charge in [0.1, 0.15) is 15.7 Å². The number of primary amides is 1. The molecule has 0 fully saturated rings. The number of fused-ring (bicyclic) bond motifs is 1. The summed E-state index contributed by atoms with van der Waals surface area (Å²) >= 11 is 1.20. The fraction of sp³-hybridized carbons (Fsp3) is 0.250. The molecule has 0 bridgehead atoms. The van der Waals surface area contributed by atoms with Crippen molar-refractivity contribution in [1.82, 2.24) is 10.3 Å². The van der Waals surface area contributed by atoms with Crippen LogP contribution < -0.4 is 16.8 Å². The van der Waals surface area contributed by atoms with E-state index >= 15 is 0 Å². The van der Waals surface area contributed by atoms with Gasteiger partial charge >= 0.3 is 0 Å². The number of pyridine rings is 1. The number of hydrogen-bond acceptors (Lipinski definition) is 5. The maximum absolute atomic E-state index is 12.0. The number of rotatable bonds is 3. The molecule has 0 saturated carbocycles. The Morgan fingerprint density at radius 2 is 2.11 bits per heavy atom. The normalized spacial score (nSPS) is 12.3. The van der Waals surface area contributed by atoms with Crippen molar-refractivity contribution in [3.8, 4) is 0 Å². The molecule has 0 radical (unpaired) electrons. The van der Waals surface area contributed by atoms with Crippen LogP contribution in [-0.2, 0) is 4.79 Å². The molecule has 2 rings (SSSR count). The highest BCUT2D eigenvalue weighted by molar-refractivity contribution is 7.21. The van der Waals surface area contributed by atoms with Crippen LogP contribution in [0.3, 0.4) is 0 Å². The van der Waals surface area contributed by atoms with Crippen LogP contribution in [0.5, 0.6) is 0 Å². The highest BCUT2D eigenvalue weighted by Gasteiger charge is 2.20. The van der Waals surface area contributed by atoms with Gasteiger partial charge in [0.05, 0.1) is 5.69 Å². The van der Waals surface area contributed by atoms with Crippen molar-refractivity contribution < 1.29 is 9.59 Å². The SMILES string of the molecule is Cc1ccc2c(N)c(C(=O)NC(C)C(N)=O)sc2n1. The van der Waals surface area contributed by atoms with Gasteiger partial charge in [-0.15, -0.1) is 11.3 Å². The van der Waals surface area contributed by atoms with E-state index in [1.807, 2.05) is 19.1 Å². The molecular weight excluding hydrogens is 264 g/mol. The van der Waals surface area contributed by atoms with Crippen LogP contribution in [0.1, 0.15) is 22.3 Å². The lowest BCUT2D eigenvalue weighted by atomic mass is 10.2. The lowest BCUT2D eigenvalue weighted by Crippen LogP contribution is -2.42. The Hall–Kier alpha value is -2.15. The minimum Gasteiger partial charge on any atom is -0.397 e. The van der Waals surface area contributed by atoms with E-state index in [0.717, 1.165) is 11.1 Å². The van der Waals surface area contributed by atoms with Crippen molar-refractivity contribution in [3.05, 3.63) is 22.7 Å². The third-order valence-electron chi connectivity index (χ3n) is 2.71. The Kier molecular flexibility index (Phi) is 3.39. The maximum Gasteiger partial charge on any atom is 0.264 e. The minimum absolute atomic E-state index is 0.348. The summed E-state index contributed by atoms with van der Waals surface area (Å²) in [7, 11) is 0. The Balaban J connectivity index is 2.37. The van der Waals surface area contributed by atoms with Gasteiger partial charge in [0.25, 0.3) is 5.91 Å². The number of amides is 2. The number of carbonyl (C=O) groups is 2. The first-order valence-corrected chi connectivity index (χ1v) is 6.47. The summed E-state index contributed by atoms with van der Waals surface area (Å²) in [5.74, 6) is -1.01. The predicted molar refractivity (Wildman–Crippen MR) is 74.9 cm³/mol. The van der Waals surface area contributed by atoms with E-state index in [2.05, 4.69) is 10.3 Å². The quantitative estimate of drug-likeness (QED) is 0.770. The Bertz CT molecular complexity index is 665. The van der Waals surface area contributed by atoms with Crippen molar-refractivity contribution in [2.24, 2.45) is 5.73 Å². The topological polar surface area (TPSA) is 111 Å². The number of hydrogen-bond donors (Lipinski definition) is 3. The molecule has 7 heteroatoms.